The maximum absolute atomic E-state index is 10.3. The van der Waals surface area contributed by atoms with Gasteiger partial charge in [-0.05, 0) is 19.8 Å². The predicted octanol–water partition coefficient (Wildman–Crippen LogP) is -0.820. The lowest BCUT2D eigenvalue weighted by Crippen LogP contribution is -2.34. The molecular weight excluding hydrogens is 231 g/mol. The molecule has 1 unspecified atom stereocenters. The average molecular weight is 246 g/mol. The standard InChI is InChI=1S/C5H15O7PSi/c1-5(12-13(6,7)8)3-2-4-14(9,10)11/h5,9-11H,2-4H2,1H3,(H2,6,7,8). The van der Waals surface area contributed by atoms with Crippen LogP contribution in [0.5, 0.6) is 0 Å². The first-order valence-corrected chi connectivity index (χ1v) is 7.59. The minimum absolute atomic E-state index is 0.165. The Kier molecular flexibility index (Phi) is 5.41. The zero-order valence-electron chi connectivity index (χ0n) is 7.70. The summed E-state index contributed by atoms with van der Waals surface area (Å²) < 4.78 is 14.6. The van der Waals surface area contributed by atoms with Crippen LogP contribution in [0.15, 0.2) is 0 Å². The summed E-state index contributed by atoms with van der Waals surface area (Å²) in [4.78, 5) is 42.6. The molecule has 0 aromatic carbocycles. The highest BCUT2D eigenvalue weighted by molar-refractivity contribution is 7.46. The van der Waals surface area contributed by atoms with Gasteiger partial charge in [0.1, 0.15) is 0 Å². The van der Waals surface area contributed by atoms with Gasteiger partial charge in [0.2, 0.25) is 0 Å². The van der Waals surface area contributed by atoms with Gasteiger partial charge in [0, 0.05) is 6.04 Å². The molecule has 0 aliphatic rings. The van der Waals surface area contributed by atoms with E-state index < -0.39 is 22.7 Å². The Hall–Kier alpha value is 0.207. The molecule has 9 heteroatoms. The summed E-state index contributed by atoms with van der Waals surface area (Å²) >= 11 is 0. The third-order valence-electron chi connectivity index (χ3n) is 1.44. The second-order valence-corrected chi connectivity index (χ2v) is 6.31. The minimum atomic E-state index is -4.48. The molecule has 0 radical (unpaired) electrons. The van der Waals surface area contributed by atoms with Gasteiger partial charge in [-0.1, -0.05) is 0 Å². The molecule has 0 bridgehead atoms. The maximum atomic E-state index is 10.3. The van der Waals surface area contributed by atoms with Crippen molar-refractivity contribution in [3.05, 3.63) is 0 Å². The zero-order chi connectivity index (χ0) is 11.4. The van der Waals surface area contributed by atoms with Crippen LogP contribution in [-0.4, -0.2) is 39.1 Å². The van der Waals surface area contributed by atoms with Crippen molar-refractivity contribution in [2.24, 2.45) is 0 Å². The molecule has 0 aliphatic carbocycles. The Labute approximate surface area is 82.6 Å². The van der Waals surface area contributed by atoms with Crippen LogP contribution in [0.2, 0.25) is 6.04 Å². The van der Waals surface area contributed by atoms with Crippen LogP contribution in [0.3, 0.4) is 0 Å². The lowest BCUT2D eigenvalue weighted by molar-refractivity contribution is 0.137. The third-order valence-corrected chi connectivity index (χ3v) is 3.10. The first-order chi connectivity index (χ1) is 6.10. The summed E-state index contributed by atoms with van der Waals surface area (Å²) in [6.07, 6.45) is -0.217. The van der Waals surface area contributed by atoms with Crippen molar-refractivity contribution >= 4 is 16.6 Å². The molecular formula is C5H15O7PSi. The molecule has 0 aromatic heterocycles. The largest absolute Gasteiger partial charge is 0.492 e. The van der Waals surface area contributed by atoms with Crippen molar-refractivity contribution in [1.29, 1.82) is 0 Å². The Morgan fingerprint density at radius 3 is 2.21 bits per heavy atom. The normalized spacial score (nSPS) is 15.6. The maximum Gasteiger partial charge on any atom is 0.492 e. The molecule has 0 aliphatic heterocycles. The van der Waals surface area contributed by atoms with Gasteiger partial charge in [0.25, 0.3) is 0 Å². The lowest BCUT2D eigenvalue weighted by Gasteiger charge is -2.14. The van der Waals surface area contributed by atoms with Crippen LogP contribution in [0.1, 0.15) is 19.8 Å². The summed E-state index contributed by atoms with van der Waals surface area (Å²) in [6, 6.07) is -0.165. The monoisotopic (exact) mass is 246 g/mol. The summed E-state index contributed by atoms with van der Waals surface area (Å²) in [5.41, 5.74) is 0. The van der Waals surface area contributed by atoms with E-state index in [-0.39, 0.29) is 18.9 Å². The van der Waals surface area contributed by atoms with Gasteiger partial charge in [0.05, 0.1) is 6.10 Å². The fourth-order valence-electron chi connectivity index (χ4n) is 0.914. The minimum Gasteiger partial charge on any atom is -0.390 e. The predicted molar refractivity (Wildman–Crippen MR) is 49.0 cm³/mol. The van der Waals surface area contributed by atoms with Crippen LogP contribution in [0, 0.1) is 0 Å². The number of phosphoric ester groups is 1. The molecule has 0 fully saturated rings. The van der Waals surface area contributed by atoms with E-state index in [2.05, 4.69) is 4.52 Å². The van der Waals surface area contributed by atoms with Crippen LogP contribution >= 0.6 is 7.82 Å². The summed E-state index contributed by atoms with van der Waals surface area (Å²) in [7, 11) is -8.51. The van der Waals surface area contributed by atoms with E-state index in [0.717, 1.165) is 0 Å². The van der Waals surface area contributed by atoms with E-state index in [1.165, 1.54) is 6.92 Å². The Morgan fingerprint density at radius 2 is 1.86 bits per heavy atom. The molecule has 0 aromatic rings. The molecule has 0 spiro atoms. The van der Waals surface area contributed by atoms with Crippen LogP contribution in [0.4, 0.5) is 0 Å². The zero-order valence-corrected chi connectivity index (χ0v) is 9.59. The Morgan fingerprint density at radius 1 is 1.36 bits per heavy atom. The van der Waals surface area contributed by atoms with Crippen LogP contribution < -0.4 is 0 Å². The van der Waals surface area contributed by atoms with Gasteiger partial charge in [-0.25, -0.2) is 4.57 Å². The van der Waals surface area contributed by atoms with E-state index in [9.17, 15) is 4.57 Å². The van der Waals surface area contributed by atoms with Crippen LogP contribution in [0.25, 0.3) is 0 Å². The molecule has 0 heterocycles. The molecule has 0 rings (SSSR count). The second kappa shape index (κ2) is 5.33. The average Bonchev–Trinajstić information content (AvgIpc) is 1.78. The molecule has 14 heavy (non-hydrogen) atoms. The van der Waals surface area contributed by atoms with E-state index in [1.54, 1.807) is 0 Å². The van der Waals surface area contributed by atoms with Crippen molar-refractivity contribution < 1.29 is 33.3 Å². The Balaban J connectivity index is 3.66. The SMILES string of the molecule is CC(CCC[Si](O)(O)O)OP(=O)(O)O. The quantitative estimate of drug-likeness (QED) is 0.306. The highest BCUT2D eigenvalue weighted by atomic mass is 31.2. The third kappa shape index (κ3) is 10.3. The van der Waals surface area contributed by atoms with Gasteiger partial charge in [0.15, 0.2) is 0 Å². The van der Waals surface area contributed by atoms with E-state index >= 15 is 0 Å². The van der Waals surface area contributed by atoms with Crippen molar-refractivity contribution in [2.45, 2.75) is 31.9 Å². The number of rotatable bonds is 6. The molecule has 0 saturated carbocycles. The van der Waals surface area contributed by atoms with E-state index in [0.29, 0.717) is 0 Å². The molecule has 0 amide bonds. The Bertz CT molecular complexity index is 209. The van der Waals surface area contributed by atoms with Gasteiger partial charge in [-0.15, -0.1) is 0 Å². The van der Waals surface area contributed by atoms with Gasteiger partial charge in [-0.3, -0.25) is 4.52 Å². The fourth-order valence-corrected chi connectivity index (χ4v) is 2.17. The summed E-state index contributed by atoms with van der Waals surface area (Å²) in [5, 5.41) is 0. The van der Waals surface area contributed by atoms with Crippen LogP contribution in [-0.2, 0) is 9.09 Å². The van der Waals surface area contributed by atoms with Crippen molar-refractivity contribution in [3.63, 3.8) is 0 Å². The first kappa shape index (κ1) is 14.2. The summed E-state index contributed by atoms with van der Waals surface area (Å²) in [6.45, 7) is 1.45. The van der Waals surface area contributed by atoms with Crippen molar-refractivity contribution in [3.8, 4) is 0 Å². The topological polar surface area (TPSA) is 127 Å². The van der Waals surface area contributed by atoms with E-state index in [1.807, 2.05) is 0 Å². The van der Waals surface area contributed by atoms with E-state index in [4.69, 9.17) is 24.2 Å². The molecule has 86 valence electrons. The van der Waals surface area contributed by atoms with Crippen molar-refractivity contribution in [1.82, 2.24) is 0 Å². The highest BCUT2D eigenvalue weighted by Crippen LogP contribution is 2.38. The highest BCUT2D eigenvalue weighted by Gasteiger charge is 2.26. The lowest BCUT2D eigenvalue weighted by atomic mass is 10.2. The number of hydrogen-bond donors (Lipinski definition) is 5. The number of phosphoric acid groups is 1. The molecule has 1 atom stereocenters. The molecule has 0 saturated heterocycles. The second-order valence-electron chi connectivity index (χ2n) is 3.07. The first-order valence-electron chi connectivity index (χ1n) is 4.01. The van der Waals surface area contributed by atoms with Gasteiger partial charge in [-0.2, -0.15) is 0 Å². The van der Waals surface area contributed by atoms with Crippen molar-refractivity contribution in [2.75, 3.05) is 0 Å². The molecule has 7 nitrogen and oxygen atoms in total. The van der Waals surface area contributed by atoms with Gasteiger partial charge < -0.3 is 24.2 Å². The fraction of sp³-hybridized carbons (Fsp3) is 1.00. The molecule has 5 N–H and O–H groups in total. The number of hydrogen-bond acceptors (Lipinski definition) is 5. The summed E-state index contributed by atoms with van der Waals surface area (Å²) in [5.74, 6) is 0. The van der Waals surface area contributed by atoms with Gasteiger partial charge >= 0.3 is 16.6 Å². The smallest absolute Gasteiger partial charge is 0.390 e.